The van der Waals surface area contributed by atoms with Crippen LogP contribution in [0.1, 0.15) is 12.0 Å². The van der Waals surface area contributed by atoms with Crippen molar-refractivity contribution in [2.45, 2.75) is 13.3 Å². The average Bonchev–Trinajstić information content (AvgIpc) is 2.97. The van der Waals surface area contributed by atoms with Gasteiger partial charge < -0.3 is 10.2 Å². The van der Waals surface area contributed by atoms with Crippen molar-refractivity contribution >= 4 is 17.3 Å². The Labute approximate surface area is 128 Å². The number of H-pyrrole nitrogens is 1. The molecule has 1 aromatic heterocycles. The fourth-order valence-electron chi connectivity index (χ4n) is 2.71. The topological polar surface area (TPSA) is 78.1 Å². The summed E-state index contributed by atoms with van der Waals surface area (Å²) in [6, 6.07) is 9.26. The minimum Gasteiger partial charge on any atom is -0.369 e. The first-order valence-electron chi connectivity index (χ1n) is 7.29. The molecule has 1 aliphatic rings. The van der Waals surface area contributed by atoms with E-state index in [1.165, 1.54) is 6.07 Å². The number of benzene rings is 1. The Morgan fingerprint density at radius 3 is 3.05 bits per heavy atom. The number of carbonyl (C=O) groups excluding carboxylic acids is 1. The molecule has 3 rings (SSSR count). The summed E-state index contributed by atoms with van der Waals surface area (Å²) in [6.45, 7) is 3.34. The number of carbonyl (C=O) groups is 1. The van der Waals surface area contributed by atoms with E-state index in [1.807, 2.05) is 36.1 Å². The van der Waals surface area contributed by atoms with E-state index in [2.05, 4.69) is 15.5 Å². The maximum absolute atomic E-state index is 12.3. The van der Waals surface area contributed by atoms with Crippen molar-refractivity contribution in [3.8, 4) is 0 Å². The van der Waals surface area contributed by atoms with Gasteiger partial charge in [-0.3, -0.25) is 9.59 Å². The number of hydrogen-bond donors (Lipinski definition) is 2. The molecule has 2 N–H and O–H groups in total. The largest absolute Gasteiger partial charge is 0.369 e. The molecule has 1 aliphatic heterocycles. The van der Waals surface area contributed by atoms with E-state index in [1.54, 1.807) is 6.20 Å². The highest BCUT2D eigenvalue weighted by atomic mass is 16.2. The molecule has 6 nitrogen and oxygen atoms in total. The van der Waals surface area contributed by atoms with Gasteiger partial charge in [0, 0.05) is 24.8 Å². The van der Waals surface area contributed by atoms with E-state index in [0.29, 0.717) is 6.54 Å². The van der Waals surface area contributed by atoms with E-state index >= 15 is 0 Å². The fraction of sp³-hybridized carbons (Fsp3) is 0.312. The Balaban J connectivity index is 1.65. The van der Waals surface area contributed by atoms with Crippen LogP contribution in [0.5, 0.6) is 0 Å². The molecular formula is C16H18N4O2. The third-order valence-corrected chi connectivity index (χ3v) is 3.86. The first kappa shape index (κ1) is 14.3. The summed E-state index contributed by atoms with van der Waals surface area (Å²) in [6.07, 6.45) is 2.38. The Morgan fingerprint density at radius 2 is 2.27 bits per heavy atom. The molecule has 0 saturated carbocycles. The molecule has 1 unspecified atom stereocenters. The van der Waals surface area contributed by atoms with Crippen molar-refractivity contribution in [3.63, 3.8) is 0 Å². The van der Waals surface area contributed by atoms with E-state index in [-0.39, 0.29) is 17.4 Å². The standard InChI is InChI=1S/C16H18N4O2/c1-11-3-2-4-13(7-11)18-16(22)12-5-6-20(10-12)14-8-15(21)19-17-9-14/h2-4,7-9,12H,5-6,10H2,1H3,(H,18,22)(H,19,21). The van der Waals surface area contributed by atoms with Crippen LogP contribution in [-0.2, 0) is 4.79 Å². The van der Waals surface area contributed by atoms with Crippen molar-refractivity contribution in [3.05, 3.63) is 52.4 Å². The van der Waals surface area contributed by atoms with Crippen LogP contribution in [0.3, 0.4) is 0 Å². The number of anilines is 2. The number of nitrogens with one attached hydrogen (secondary N) is 2. The molecule has 6 heteroatoms. The number of nitrogens with zero attached hydrogens (tertiary/aromatic N) is 2. The highest BCUT2D eigenvalue weighted by Crippen LogP contribution is 2.23. The van der Waals surface area contributed by atoms with Crippen LogP contribution in [0.15, 0.2) is 41.3 Å². The second-order valence-corrected chi connectivity index (χ2v) is 5.59. The van der Waals surface area contributed by atoms with E-state index in [0.717, 1.165) is 29.9 Å². The van der Waals surface area contributed by atoms with Gasteiger partial charge in [-0.1, -0.05) is 12.1 Å². The van der Waals surface area contributed by atoms with Crippen LogP contribution in [-0.4, -0.2) is 29.2 Å². The van der Waals surface area contributed by atoms with Crippen molar-refractivity contribution < 1.29 is 4.79 Å². The summed E-state index contributed by atoms with van der Waals surface area (Å²) in [5.74, 6) is -0.0642. The number of amides is 1. The van der Waals surface area contributed by atoms with Gasteiger partial charge in [0.25, 0.3) is 5.56 Å². The summed E-state index contributed by atoms with van der Waals surface area (Å²) in [7, 11) is 0. The van der Waals surface area contributed by atoms with Crippen LogP contribution < -0.4 is 15.8 Å². The lowest BCUT2D eigenvalue weighted by Gasteiger charge is -2.17. The van der Waals surface area contributed by atoms with Gasteiger partial charge in [-0.15, -0.1) is 0 Å². The molecule has 1 amide bonds. The molecule has 2 heterocycles. The molecule has 2 aromatic rings. The van der Waals surface area contributed by atoms with E-state index in [4.69, 9.17) is 0 Å². The quantitative estimate of drug-likeness (QED) is 0.901. The molecule has 114 valence electrons. The lowest BCUT2D eigenvalue weighted by Crippen LogP contribution is -2.27. The first-order valence-corrected chi connectivity index (χ1v) is 7.29. The zero-order chi connectivity index (χ0) is 15.5. The van der Waals surface area contributed by atoms with Crippen LogP contribution in [0.4, 0.5) is 11.4 Å². The number of hydrogen-bond acceptors (Lipinski definition) is 4. The van der Waals surface area contributed by atoms with Crippen molar-refractivity contribution in [1.82, 2.24) is 10.2 Å². The Kier molecular flexibility index (Phi) is 3.91. The van der Waals surface area contributed by atoms with E-state index < -0.39 is 0 Å². The van der Waals surface area contributed by atoms with Gasteiger partial charge in [-0.05, 0) is 31.0 Å². The van der Waals surface area contributed by atoms with Gasteiger partial charge in [0.1, 0.15) is 0 Å². The van der Waals surface area contributed by atoms with Crippen LogP contribution in [0.25, 0.3) is 0 Å². The highest BCUT2D eigenvalue weighted by Gasteiger charge is 2.28. The fourth-order valence-corrected chi connectivity index (χ4v) is 2.71. The molecule has 0 aliphatic carbocycles. The molecule has 22 heavy (non-hydrogen) atoms. The molecule has 1 atom stereocenters. The van der Waals surface area contributed by atoms with Gasteiger partial charge in [-0.2, -0.15) is 5.10 Å². The second kappa shape index (κ2) is 6.01. The summed E-state index contributed by atoms with van der Waals surface area (Å²) in [5.41, 5.74) is 2.46. The van der Waals surface area contributed by atoms with Gasteiger partial charge >= 0.3 is 0 Å². The predicted molar refractivity (Wildman–Crippen MR) is 85.0 cm³/mol. The Morgan fingerprint density at radius 1 is 1.41 bits per heavy atom. The Hall–Kier alpha value is -2.63. The van der Waals surface area contributed by atoms with E-state index in [9.17, 15) is 9.59 Å². The zero-order valence-electron chi connectivity index (χ0n) is 12.4. The van der Waals surface area contributed by atoms with Crippen LogP contribution >= 0.6 is 0 Å². The molecule has 1 saturated heterocycles. The normalized spacial score (nSPS) is 17.5. The third-order valence-electron chi connectivity index (χ3n) is 3.86. The maximum Gasteiger partial charge on any atom is 0.266 e. The number of aromatic amines is 1. The van der Waals surface area contributed by atoms with Crippen LogP contribution in [0, 0.1) is 12.8 Å². The molecule has 1 fully saturated rings. The summed E-state index contributed by atoms with van der Waals surface area (Å²) < 4.78 is 0. The molecule has 1 aromatic carbocycles. The minimum atomic E-state index is -0.231. The summed E-state index contributed by atoms with van der Waals surface area (Å²) >= 11 is 0. The number of rotatable bonds is 3. The van der Waals surface area contributed by atoms with Gasteiger partial charge in [-0.25, -0.2) is 5.10 Å². The van der Waals surface area contributed by atoms with Crippen molar-refractivity contribution in [2.75, 3.05) is 23.3 Å². The SMILES string of the molecule is Cc1cccc(NC(=O)C2CCN(c3cn[nH]c(=O)c3)C2)c1. The third kappa shape index (κ3) is 3.16. The maximum atomic E-state index is 12.3. The monoisotopic (exact) mass is 298 g/mol. The minimum absolute atomic E-state index is 0.0194. The molecule has 0 radical (unpaired) electrons. The van der Waals surface area contributed by atoms with Crippen LogP contribution in [0.2, 0.25) is 0 Å². The van der Waals surface area contributed by atoms with Crippen molar-refractivity contribution in [2.24, 2.45) is 5.92 Å². The molecule has 0 bridgehead atoms. The lowest BCUT2D eigenvalue weighted by atomic mass is 10.1. The van der Waals surface area contributed by atoms with Gasteiger partial charge in [0.15, 0.2) is 0 Å². The number of aromatic nitrogens is 2. The van der Waals surface area contributed by atoms with Crippen molar-refractivity contribution in [1.29, 1.82) is 0 Å². The summed E-state index contributed by atoms with van der Waals surface area (Å²) in [4.78, 5) is 25.7. The molecular weight excluding hydrogens is 280 g/mol. The Bertz CT molecular complexity index is 741. The molecule has 0 spiro atoms. The average molecular weight is 298 g/mol. The first-order chi connectivity index (χ1) is 10.6. The zero-order valence-corrected chi connectivity index (χ0v) is 12.4. The highest BCUT2D eigenvalue weighted by molar-refractivity contribution is 5.93. The van der Waals surface area contributed by atoms with Gasteiger partial charge in [0.2, 0.25) is 5.91 Å². The lowest BCUT2D eigenvalue weighted by molar-refractivity contribution is -0.119. The second-order valence-electron chi connectivity index (χ2n) is 5.59. The smallest absolute Gasteiger partial charge is 0.266 e. The van der Waals surface area contributed by atoms with Gasteiger partial charge in [0.05, 0.1) is 17.8 Å². The predicted octanol–water partition coefficient (Wildman–Crippen LogP) is 1.54. The number of aryl methyl sites for hydroxylation is 1. The summed E-state index contributed by atoms with van der Waals surface area (Å²) in [5, 5.41) is 9.11.